The quantitative estimate of drug-likeness (QED) is 0.427. The Labute approximate surface area is 178 Å². The van der Waals surface area contributed by atoms with Crippen molar-refractivity contribution in [2.45, 2.75) is 29.1 Å². The Morgan fingerprint density at radius 2 is 1.86 bits per heavy atom. The van der Waals surface area contributed by atoms with Gasteiger partial charge in [-0.1, -0.05) is 41.6 Å². The number of fused-ring (bicyclic) bond motifs is 1. The van der Waals surface area contributed by atoms with E-state index in [9.17, 15) is 4.79 Å². The molecule has 0 fully saturated rings. The number of aryl methyl sites for hydroxylation is 2. The monoisotopic (exact) mass is 426 g/mol. The predicted octanol–water partition coefficient (Wildman–Crippen LogP) is 4.50. The molecule has 0 saturated heterocycles. The maximum Gasteiger partial charge on any atom is 0.272 e. The number of aromatic nitrogens is 2. The normalized spacial score (nSPS) is 12.7. The van der Waals surface area contributed by atoms with E-state index in [0.29, 0.717) is 16.7 Å². The topological polar surface area (TPSA) is 53.4 Å². The Morgan fingerprint density at radius 1 is 1.10 bits per heavy atom. The van der Waals surface area contributed by atoms with Crippen LogP contribution in [-0.4, -0.2) is 29.5 Å². The summed E-state index contributed by atoms with van der Waals surface area (Å²) >= 11 is 3.16. The van der Waals surface area contributed by atoms with Gasteiger partial charge in [0.2, 0.25) is 0 Å². The highest BCUT2D eigenvalue weighted by Crippen LogP contribution is 2.33. The van der Waals surface area contributed by atoms with Crippen molar-refractivity contribution in [1.82, 2.24) is 9.55 Å². The third-order valence-electron chi connectivity index (χ3n) is 4.78. The summed E-state index contributed by atoms with van der Waals surface area (Å²) in [5.74, 6) is 2.85. The molecule has 2 aromatic carbocycles. The molecule has 29 heavy (non-hydrogen) atoms. The second kappa shape index (κ2) is 8.55. The molecular formula is C22H22N2O3S2. The van der Waals surface area contributed by atoms with Crippen molar-refractivity contribution in [2.24, 2.45) is 0 Å². The number of ether oxygens (including phenoxy) is 2. The number of hydrogen-bond acceptors (Lipinski definition) is 6. The van der Waals surface area contributed by atoms with Crippen LogP contribution in [-0.2, 0) is 12.2 Å². The number of nitrogens with zero attached hydrogens (tertiary/aromatic N) is 2. The average Bonchev–Trinajstić information content (AvgIpc) is 3.22. The molecule has 3 aromatic rings. The number of benzene rings is 2. The van der Waals surface area contributed by atoms with E-state index < -0.39 is 0 Å². The molecule has 150 valence electrons. The van der Waals surface area contributed by atoms with Crippen molar-refractivity contribution in [1.29, 1.82) is 0 Å². The first kappa shape index (κ1) is 19.9. The maximum atomic E-state index is 13.3. The van der Waals surface area contributed by atoms with Gasteiger partial charge in [0.25, 0.3) is 5.56 Å². The lowest BCUT2D eigenvalue weighted by molar-refractivity contribution is 0.354. The largest absolute Gasteiger partial charge is 0.493 e. The smallest absolute Gasteiger partial charge is 0.272 e. The van der Waals surface area contributed by atoms with E-state index in [0.717, 1.165) is 34.2 Å². The Kier molecular flexibility index (Phi) is 5.87. The van der Waals surface area contributed by atoms with Gasteiger partial charge < -0.3 is 9.47 Å². The van der Waals surface area contributed by atoms with Gasteiger partial charge in [-0.05, 0) is 24.6 Å². The van der Waals surface area contributed by atoms with E-state index in [-0.39, 0.29) is 5.56 Å². The van der Waals surface area contributed by atoms with E-state index >= 15 is 0 Å². The third-order valence-corrected chi connectivity index (χ3v) is 6.90. The SMILES string of the molecule is COc1ccc(-n2c(SCc3ccc(C)cc3)nc3c(c2=O)SCC3)cc1OC. The van der Waals surface area contributed by atoms with E-state index in [1.807, 2.05) is 18.2 Å². The maximum absolute atomic E-state index is 13.3. The van der Waals surface area contributed by atoms with Gasteiger partial charge in [0.05, 0.1) is 30.5 Å². The summed E-state index contributed by atoms with van der Waals surface area (Å²) in [5.41, 5.74) is 4.04. The van der Waals surface area contributed by atoms with Crippen LogP contribution >= 0.6 is 23.5 Å². The number of methoxy groups -OCH3 is 2. The molecule has 0 unspecified atom stereocenters. The lowest BCUT2D eigenvalue weighted by atomic mass is 10.2. The molecule has 0 amide bonds. The fraction of sp³-hybridized carbons (Fsp3) is 0.273. The van der Waals surface area contributed by atoms with Gasteiger partial charge in [0, 0.05) is 24.0 Å². The van der Waals surface area contributed by atoms with Crippen molar-refractivity contribution in [3.8, 4) is 17.2 Å². The summed E-state index contributed by atoms with van der Waals surface area (Å²) in [7, 11) is 3.19. The minimum Gasteiger partial charge on any atom is -0.493 e. The second-order valence-corrected chi connectivity index (χ2v) is 8.77. The van der Waals surface area contributed by atoms with E-state index in [1.165, 1.54) is 11.1 Å². The highest BCUT2D eigenvalue weighted by molar-refractivity contribution is 7.99. The zero-order chi connectivity index (χ0) is 20.4. The molecule has 1 aliphatic rings. The van der Waals surface area contributed by atoms with Crippen LogP contribution in [0.2, 0.25) is 0 Å². The van der Waals surface area contributed by atoms with Gasteiger partial charge in [-0.25, -0.2) is 4.98 Å². The summed E-state index contributed by atoms with van der Waals surface area (Å²) in [6, 6.07) is 13.9. The van der Waals surface area contributed by atoms with Gasteiger partial charge in [-0.2, -0.15) is 0 Å². The summed E-state index contributed by atoms with van der Waals surface area (Å²) in [4.78, 5) is 18.9. The third kappa shape index (κ3) is 4.02. The zero-order valence-electron chi connectivity index (χ0n) is 16.6. The number of hydrogen-bond donors (Lipinski definition) is 0. The molecule has 0 N–H and O–H groups in total. The fourth-order valence-corrected chi connectivity index (χ4v) is 5.22. The van der Waals surface area contributed by atoms with Crippen LogP contribution in [0.5, 0.6) is 11.5 Å². The highest BCUT2D eigenvalue weighted by Gasteiger charge is 2.23. The standard InChI is InChI=1S/C22H22N2O3S2/c1-14-4-6-15(7-5-14)13-29-22-23-17-10-11-28-20(17)21(25)24(22)16-8-9-18(26-2)19(12-16)27-3/h4-9,12H,10-11,13H2,1-3H3. The van der Waals surface area contributed by atoms with Crippen molar-refractivity contribution >= 4 is 23.5 Å². The molecule has 0 aliphatic carbocycles. The second-order valence-electron chi connectivity index (χ2n) is 6.72. The van der Waals surface area contributed by atoms with E-state index in [1.54, 1.807) is 42.3 Å². The lowest BCUT2D eigenvalue weighted by Gasteiger charge is -2.15. The van der Waals surface area contributed by atoms with Crippen LogP contribution in [0, 0.1) is 6.92 Å². The number of rotatable bonds is 6. The summed E-state index contributed by atoms with van der Waals surface area (Å²) in [6.07, 6.45) is 0.833. The minimum atomic E-state index is -0.0175. The summed E-state index contributed by atoms with van der Waals surface area (Å²) in [6.45, 7) is 2.07. The van der Waals surface area contributed by atoms with Crippen LogP contribution in [0.3, 0.4) is 0 Å². The molecule has 4 rings (SSSR count). The Bertz CT molecular complexity index is 1090. The average molecular weight is 427 g/mol. The fourth-order valence-electron chi connectivity index (χ4n) is 3.21. The van der Waals surface area contributed by atoms with Gasteiger partial charge in [0.15, 0.2) is 16.7 Å². The van der Waals surface area contributed by atoms with Crippen molar-refractivity contribution < 1.29 is 9.47 Å². The molecule has 0 radical (unpaired) electrons. The number of thioether (sulfide) groups is 2. The van der Waals surface area contributed by atoms with Crippen LogP contribution in [0.1, 0.15) is 16.8 Å². The molecule has 7 heteroatoms. The molecule has 0 atom stereocenters. The van der Waals surface area contributed by atoms with Crippen LogP contribution in [0.25, 0.3) is 5.69 Å². The van der Waals surface area contributed by atoms with Crippen LogP contribution in [0.15, 0.2) is 57.3 Å². The Morgan fingerprint density at radius 3 is 2.59 bits per heavy atom. The predicted molar refractivity (Wildman–Crippen MR) is 118 cm³/mol. The van der Waals surface area contributed by atoms with Gasteiger partial charge >= 0.3 is 0 Å². The molecule has 0 saturated carbocycles. The molecular weight excluding hydrogens is 404 g/mol. The van der Waals surface area contributed by atoms with Crippen LogP contribution < -0.4 is 15.0 Å². The summed E-state index contributed by atoms with van der Waals surface area (Å²) in [5, 5.41) is 0.698. The minimum absolute atomic E-state index is 0.0175. The van der Waals surface area contributed by atoms with Gasteiger partial charge in [-0.15, -0.1) is 11.8 Å². The molecule has 0 spiro atoms. The van der Waals surface area contributed by atoms with E-state index in [2.05, 4.69) is 31.2 Å². The molecule has 5 nitrogen and oxygen atoms in total. The molecule has 1 aromatic heterocycles. The van der Waals surface area contributed by atoms with Gasteiger partial charge in [0.1, 0.15) is 0 Å². The molecule has 2 heterocycles. The van der Waals surface area contributed by atoms with Crippen molar-refractivity contribution in [2.75, 3.05) is 20.0 Å². The molecule has 1 aliphatic heterocycles. The zero-order valence-corrected chi connectivity index (χ0v) is 18.2. The van der Waals surface area contributed by atoms with Crippen molar-refractivity contribution in [3.63, 3.8) is 0 Å². The first-order valence-electron chi connectivity index (χ1n) is 9.30. The Hall–Kier alpha value is -2.38. The van der Waals surface area contributed by atoms with Crippen LogP contribution in [0.4, 0.5) is 0 Å². The van der Waals surface area contributed by atoms with Gasteiger partial charge in [-0.3, -0.25) is 9.36 Å². The first-order valence-corrected chi connectivity index (χ1v) is 11.3. The Balaban J connectivity index is 1.77. The molecule has 0 bridgehead atoms. The first-order chi connectivity index (χ1) is 14.1. The lowest BCUT2D eigenvalue weighted by Crippen LogP contribution is -2.23. The summed E-state index contributed by atoms with van der Waals surface area (Å²) < 4.78 is 12.5. The van der Waals surface area contributed by atoms with Crippen molar-refractivity contribution in [3.05, 3.63) is 69.6 Å². The highest BCUT2D eigenvalue weighted by atomic mass is 32.2. The van der Waals surface area contributed by atoms with E-state index in [4.69, 9.17) is 14.5 Å².